The number of nitrogens with one attached hydrogen (secondary N) is 2. The minimum atomic E-state index is 0.135. The number of carbonyl (C=O) groups is 1. The molecule has 0 unspecified atom stereocenters. The molecule has 1 aromatic heterocycles. The van der Waals surface area contributed by atoms with E-state index in [9.17, 15) is 4.79 Å². The van der Waals surface area contributed by atoms with Crippen molar-refractivity contribution in [3.05, 3.63) is 12.2 Å². The van der Waals surface area contributed by atoms with Gasteiger partial charge in [0.2, 0.25) is 5.91 Å². The third-order valence-electron chi connectivity index (χ3n) is 2.41. The van der Waals surface area contributed by atoms with Crippen LogP contribution in [0, 0.1) is 0 Å². The van der Waals surface area contributed by atoms with E-state index in [-0.39, 0.29) is 5.91 Å². The van der Waals surface area contributed by atoms with Gasteiger partial charge >= 0.3 is 0 Å². The molecule has 0 aliphatic heterocycles. The van der Waals surface area contributed by atoms with Crippen molar-refractivity contribution in [1.82, 2.24) is 20.5 Å². The van der Waals surface area contributed by atoms with Crippen molar-refractivity contribution in [2.75, 3.05) is 6.54 Å². The van der Waals surface area contributed by atoms with E-state index in [4.69, 9.17) is 0 Å². The van der Waals surface area contributed by atoms with E-state index >= 15 is 0 Å². The second kappa shape index (κ2) is 7.84. The Labute approximate surface area is 96.0 Å². The smallest absolute Gasteiger partial charge is 0.220 e. The second-order valence-corrected chi connectivity index (χ2v) is 3.84. The van der Waals surface area contributed by atoms with Crippen molar-refractivity contribution in [2.45, 2.75) is 45.4 Å². The monoisotopic (exact) mass is 224 g/mol. The van der Waals surface area contributed by atoms with Crippen LogP contribution in [0.1, 0.15) is 44.9 Å². The highest BCUT2D eigenvalue weighted by molar-refractivity contribution is 5.75. The van der Waals surface area contributed by atoms with Gasteiger partial charge in [0.15, 0.2) is 0 Å². The molecule has 0 bridgehead atoms. The van der Waals surface area contributed by atoms with Gasteiger partial charge in [-0.2, -0.15) is 5.10 Å². The normalized spacial score (nSPS) is 10.3. The minimum Gasteiger partial charge on any atom is -0.356 e. The highest BCUT2D eigenvalue weighted by Crippen LogP contribution is 2.01. The SMILES string of the molecule is CCCCCCC(=O)NCCc1ncn[nH]1. The zero-order chi connectivity index (χ0) is 11.6. The fourth-order valence-corrected chi connectivity index (χ4v) is 1.47. The maximum atomic E-state index is 11.4. The second-order valence-electron chi connectivity index (χ2n) is 3.84. The summed E-state index contributed by atoms with van der Waals surface area (Å²) in [6.45, 7) is 2.79. The third-order valence-corrected chi connectivity index (χ3v) is 2.41. The molecule has 16 heavy (non-hydrogen) atoms. The quantitative estimate of drug-likeness (QED) is 0.656. The molecule has 1 aromatic rings. The number of nitrogens with zero attached hydrogens (tertiary/aromatic N) is 2. The standard InChI is InChI=1S/C11H20N4O/c1-2-3-4-5-6-11(16)12-8-7-10-13-9-14-15-10/h9H,2-8H2,1H3,(H,12,16)(H,13,14,15). The number of unbranched alkanes of at least 4 members (excludes halogenated alkanes) is 3. The Balaban J connectivity index is 1.98. The van der Waals surface area contributed by atoms with Crippen LogP contribution < -0.4 is 5.32 Å². The number of hydrogen-bond acceptors (Lipinski definition) is 3. The molecule has 0 spiro atoms. The first-order valence-corrected chi connectivity index (χ1v) is 5.94. The summed E-state index contributed by atoms with van der Waals surface area (Å²) in [6, 6.07) is 0. The first kappa shape index (κ1) is 12.7. The molecule has 90 valence electrons. The maximum Gasteiger partial charge on any atom is 0.220 e. The Bertz CT molecular complexity index is 284. The predicted octanol–water partition coefficient (Wildman–Crippen LogP) is 1.43. The summed E-state index contributed by atoms with van der Waals surface area (Å²) in [7, 11) is 0. The molecule has 0 saturated carbocycles. The van der Waals surface area contributed by atoms with Crippen LogP contribution in [-0.2, 0) is 11.2 Å². The number of amides is 1. The van der Waals surface area contributed by atoms with E-state index in [1.807, 2.05) is 0 Å². The Morgan fingerprint density at radius 3 is 3.00 bits per heavy atom. The van der Waals surface area contributed by atoms with E-state index in [2.05, 4.69) is 27.4 Å². The molecule has 0 saturated heterocycles. The predicted molar refractivity (Wildman–Crippen MR) is 61.9 cm³/mol. The highest BCUT2D eigenvalue weighted by Gasteiger charge is 2.01. The van der Waals surface area contributed by atoms with Gasteiger partial charge in [0, 0.05) is 19.4 Å². The molecule has 1 rings (SSSR count). The Morgan fingerprint density at radius 2 is 2.31 bits per heavy atom. The summed E-state index contributed by atoms with van der Waals surface area (Å²) in [5.74, 6) is 0.946. The van der Waals surface area contributed by atoms with Crippen molar-refractivity contribution < 1.29 is 4.79 Å². The van der Waals surface area contributed by atoms with Gasteiger partial charge < -0.3 is 5.32 Å². The van der Waals surface area contributed by atoms with E-state index < -0.39 is 0 Å². The molecule has 2 N–H and O–H groups in total. The summed E-state index contributed by atoms with van der Waals surface area (Å²) in [6.07, 6.45) is 7.37. The molecule has 0 radical (unpaired) electrons. The van der Waals surface area contributed by atoms with E-state index in [1.54, 1.807) is 0 Å². The summed E-state index contributed by atoms with van der Waals surface area (Å²) < 4.78 is 0. The number of aromatic amines is 1. The zero-order valence-corrected chi connectivity index (χ0v) is 9.83. The molecule has 0 aliphatic carbocycles. The average molecular weight is 224 g/mol. The lowest BCUT2D eigenvalue weighted by atomic mass is 10.1. The summed E-state index contributed by atoms with van der Waals surface area (Å²) in [5.41, 5.74) is 0. The van der Waals surface area contributed by atoms with Crippen LogP contribution >= 0.6 is 0 Å². The molecular formula is C11H20N4O. The first-order chi connectivity index (χ1) is 7.83. The fraction of sp³-hybridized carbons (Fsp3) is 0.727. The van der Waals surface area contributed by atoms with E-state index in [0.717, 1.165) is 18.7 Å². The van der Waals surface area contributed by atoms with Gasteiger partial charge in [0.05, 0.1) is 0 Å². The summed E-state index contributed by atoms with van der Waals surface area (Å²) in [4.78, 5) is 15.4. The van der Waals surface area contributed by atoms with Gasteiger partial charge in [-0.25, -0.2) is 4.98 Å². The van der Waals surface area contributed by atoms with Crippen molar-refractivity contribution in [1.29, 1.82) is 0 Å². The van der Waals surface area contributed by atoms with Crippen LogP contribution in [0.4, 0.5) is 0 Å². The number of H-pyrrole nitrogens is 1. The number of aromatic nitrogens is 3. The van der Waals surface area contributed by atoms with Crippen molar-refractivity contribution >= 4 is 5.91 Å². The lowest BCUT2D eigenvalue weighted by Gasteiger charge is -2.03. The maximum absolute atomic E-state index is 11.4. The molecule has 0 aromatic carbocycles. The van der Waals surface area contributed by atoms with Gasteiger partial charge in [0.25, 0.3) is 0 Å². The fourth-order valence-electron chi connectivity index (χ4n) is 1.47. The van der Waals surface area contributed by atoms with Crippen molar-refractivity contribution in [3.63, 3.8) is 0 Å². The molecule has 0 atom stereocenters. The summed E-state index contributed by atoms with van der Waals surface area (Å²) >= 11 is 0. The first-order valence-electron chi connectivity index (χ1n) is 5.94. The average Bonchev–Trinajstić information content (AvgIpc) is 2.77. The van der Waals surface area contributed by atoms with Crippen LogP contribution in [0.3, 0.4) is 0 Å². The third kappa shape index (κ3) is 5.48. The molecule has 0 fully saturated rings. The molecule has 0 aliphatic rings. The lowest BCUT2D eigenvalue weighted by Crippen LogP contribution is -2.25. The lowest BCUT2D eigenvalue weighted by molar-refractivity contribution is -0.121. The molecule has 1 amide bonds. The van der Waals surface area contributed by atoms with Crippen LogP contribution in [0.25, 0.3) is 0 Å². The topological polar surface area (TPSA) is 70.7 Å². The zero-order valence-electron chi connectivity index (χ0n) is 9.83. The van der Waals surface area contributed by atoms with Crippen LogP contribution in [-0.4, -0.2) is 27.6 Å². The molecule has 1 heterocycles. The van der Waals surface area contributed by atoms with Gasteiger partial charge in [-0.05, 0) is 6.42 Å². The molecule has 5 nitrogen and oxygen atoms in total. The van der Waals surface area contributed by atoms with Crippen LogP contribution in [0.2, 0.25) is 0 Å². The van der Waals surface area contributed by atoms with Gasteiger partial charge in [-0.3, -0.25) is 9.89 Å². The summed E-state index contributed by atoms with van der Waals surface area (Å²) in [5, 5.41) is 9.37. The van der Waals surface area contributed by atoms with E-state index in [1.165, 1.54) is 19.2 Å². The largest absolute Gasteiger partial charge is 0.356 e. The van der Waals surface area contributed by atoms with Crippen LogP contribution in [0.15, 0.2) is 6.33 Å². The number of rotatable bonds is 8. The van der Waals surface area contributed by atoms with E-state index in [0.29, 0.717) is 19.4 Å². The number of carbonyl (C=O) groups excluding carboxylic acids is 1. The minimum absolute atomic E-state index is 0.135. The highest BCUT2D eigenvalue weighted by atomic mass is 16.1. The van der Waals surface area contributed by atoms with Crippen molar-refractivity contribution in [3.8, 4) is 0 Å². The van der Waals surface area contributed by atoms with Crippen LogP contribution in [0.5, 0.6) is 0 Å². The Hall–Kier alpha value is -1.39. The number of hydrogen-bond donors (Lipinski definition) is 2. The Morgan fingerprint density at radius 1 is 1.44 bits per heavy atom. The van der Waals surface area contributed by atoms with Gasteiger partial charge in [0.1, 0.15) is 12.2 Å². The Kier molecular flexibility index (Phi) is 6.22. The van der Waals surface area contributed by atoms with Crippen molar-refractivity contribution in [2.24, 2.45) is 0 Å². The molecule has 5 heteroatoms. The van der Waals surface area contributed by atoms with Gasteiger partial charge in [-0.15, -0.1) is 0 Å². The van der Waals surface area contributed by atoms with Gasteiger partial charge in [-0.1, -0.05) is 26.2 Å². The molecular weight excluding hydrogens is 204 g/mol.